The standard InChI is InChI=1S/C28H33N3O6Si/c1-8-28(35)18-12-20-22-15(13-31(20)24(32)17(18)14-36-25(28)33)11-16-19(29-26(34)37-27(2,3)4)9-10-21(23(16)30-22)38(5,6)7/h9-12,35H,8,13-14H2,1-7H3,(H,29,34)/t28-/m0/s1. The van der Waals surface area contributed by atoms with E-state index in [4.69, 9.17) is 14.5 Å². The van der Waals surface area contributed by atoms with E-state index in [0.717, 1.165) is 21.7 Å². The van der Waals surface area contributed by atoms with E-state index >= 15 is 0 Å². The molecule has 2 aliphatic rings. The van der Waals surface area contributed by atoms with Crippen molar-refractivity contribution in [3.05, 3.63) is 51.3 Å². The van der Waals surface area contributed by atoms with Crippen LogP contribution in [0.25, 0.3) is 22.3 Å². The lowest BCUT2D eigenvalue weighted by molar-refractivity contribution is -0.172. The second kappa shape index (κ2) is 8.50. The number of anilines is 1. The molecule has 0 aliphatic carbocycles. The number of nitrogens with zero attached hydrogens (tertiary/aromatic N) is 2. The average Bonchev–Trinajstić information content (AvgIpc) is 3.17. The van der Waals surface area contributed by atoms with Gasteiger partial charge in [0.1, 0.15) is 12.2 Å². The van der Waals surface area contributed by atoms with Gasteiger partial charge in [0.2, 0.25) is 0 Å². The van der Waals surface area contributed by atoms with Crippen molar-refractivity contribution in [3.63, 3.8) is 0 Å². The number of hydrogen-bond acceptors (Lipinski definition) is 7. The molecule has 3 aromatic rings. The molecule has 9 nitrogen and oxygen atoms in total. The summed E-state index contributed by atoms with van der Waals surface area (Å²) < 4.78 is 12.3. The third-order valence-corrected chi connectivity index (χ3v) is 9.14. The number of carbonyl (C=O) groups is 2. The monoisotopic (exact) mass is 535 g/mol. The van der Waals surface area contributed by atoms with E-state index in [1.807, 2.05) is 18.2 Å². The smallest absolute Gasteiger partial charge is 0.412 e. The van der Waals surface area contributed by atoms with E-state index in [1.165, 1.54) is 0 Å². The molecular weight excluding hydrogens is 502 g/mol. The van der Waals surface area contributed by atoms with Gasteiger partial charge in [-0.15, -0.1) is 0 Å². The van der Waals surface area contributed by atoms with Crippen LogP contribution in [-0.4, -0.2) is 40.4 Å². The highest BCUT2D eigenvalue weighted by molar-refractivity contribution is 6.90. The lowest BCUT2D eigenvalue weighted by Crippen LogP contribution is -2.44. The van der Waals surface area contributed by atoms with Gasteiger partial charge in [0, 0.05) is 16.5 Å². The molecule has 10 heteroatoms. The molecule has 2 aromatic heterocycles. The number of benzene rings is 1. The Morgan fingerprint density at radius 3 is 2.58 bits per heavy atom. The van der Waals surface area contributed by atoms with Crippen LogP contribution in [0.4, 0.5) is 10.5 Å². The van der Waals surface area contributed by atoms with Crippen LogP contribution in [0, 0.1) is 0 Å². The Balaban J connectivity index is 1.72. The summed E-state index contributed by atoms with van der Waals surface area (Å²) in [7, 11) is -1.87. The number of fused-ring (bicyclic) bond motifs is 5. The number of rotatable bonds is 3. The predicted octanol–water partition coefficient (Wildman–Crippen LogP) is 3.97. The fourth-order valence-corrected chi connectivity index (χ4v) is 6.68. The number of amides is 1. The van der Waals surface area contributed by atoms with Gasteiger partial charge in [-0.1, -0.05) is 32.6 Å². The molecule has 2 N–H and O–H groups in total. The summed E-state index contributed by atoms with van der Waals surface area (Å²) >= 11 is 0. The number of aromatic nitrogens is 2. The van der Waals surface area contributed by atoms with Crippen LogP contribution in [0.5, 0.6) is 0 Å². The van der Waals surface area contributed by atoms with E-state index in [2.05, 4.69) is 25.0 Å². The van der Waals surface area contributed by atoms with Crippen molar-refractivity contribution < 1.29 is 24.2 Å². The summed E-state index contributed by atoms with van der Waals surface area (Å²) in [5.74, 6) is -0.750. The first-order valence-corrected chi connectivity index (χ1v) is 16.3. The molecule has 38 heavy (non-hydrogen) atoms. The van der Waals surface area contributed by atoms with E-state index in [1.54, 1.807) is 38.3 Å². The highest BCUT2D eigenvalue weighted by Crippen LogP contribution is 2.39. The van der Waals surface area contributed by atoms with Crippen molar-refractivity contribution in [1.82, 2.24) is 9.55 Å². The minimum absolute atomic E-state index is 0.0825. The molecule has 0 bridgehead atoms. The number of ether oxygens (including phenoxy) is 2. The Bertz CT molecular complexity index is 1580. The maximum Gasteiger partial charge on any atom is 0.412 e. The first-order valence-electron chi connectivity index (χ1n) is 12.8. The first-order chi connectivity index (χ1) is 17.6. The second-order valence-electron chi connectivity index (χ2n) is 12.0. The maximum atomic E-state index is 13.5. The molecule has 1 atom stereocenters. The molecular formula is C28H33N3O6Si. The van der Waals surface area contributed by atoms with Gasteiger partial charge in [-0.05, 0) is 50.6 Å². The Hall–Kier alpha value is -3.50. The summed E-state index contributed by atoms with van der Waals surface area (Å²) in [6.07, 6.45) is -0.477. The summed E-state index contributed by atoms with van der Waals surface area (Å²) in [4.78, 5) is 43.7. The SMILES string of the molecule is CC[C@@]1(O)C(=O)OCc2c1cc1n(c2=O)Cc2cc3c(NC(=O)OC(C)(C)C)ccc([Si](C)(C)C)c3nc2-1. The lowest BCUT2D eigenvalue weighted by Gasteiger charge is -2.31. The van der Waals surface area contributed by atoms with Crippen molar-refractivity contribution in [2.45, 2.75) is 78.1 Å². The van der Waals surface area contributed by atoms with Crippen LogP contribution >= 0.6 is 0 Å². The van der Waals surface area contributed by atoms with Crippen LogP contribution in [-0.2, 0) is 33.0 Å². The number of pyridine rings is 2. The van der Waals surface area contributed by atoms with E-state index < -0.39 is 31.3 Å². The highest BCUT2D eigenvalue weighted by atomic mass is 28.3. The summed E-state index contributed by atoms with van der Waals surface area (Å²) in [6, 6.07) is 7.56. The van der Waals surface area contributed by atoms with Crippen LogP contribution in [0.3, 0.4) is 0 Å². The van der Waals surface area contributed by atoms with Crippen molar-refractivity contribution in [3.8, 4) is 11.4 Å². The van der Waals surface area contributed by atoms with Gasteiger partial charge >= 0.3 is 12.1 Å². The van der Waals surface area contributed by atoms with Crippen LogP contribution in [0.15, 0.2) is 29.1 Å². The minimum atomic E-state index is -1.88. The number of aliphatic hydroxyl groups is 1. The lowest BCUT2D eigenvalue weighted by atomic mass is 9.86. The molecule has 4 heterocycles. The largest absolute Gasteiger partial charge is 0.458 e. The zero-order chi connectivity index (χ0) is 27.8. The third-order valence-electron chi connectivity index (χ3n) is 7.12. The molecule has 0 unspecified atom stereocenters. The quantitative estimate of drug-likeness (QED) is 0.301. The van der Waals surface area contributed by atoms with Crippen molar-refractivity contribution in [2.75, 3.05) is 5.32 Å². The van der Waals surface area contributed by atoms with Gasteiger partial charge in [0.25, 0.3) is 5.56 Å². The Kier molecular flexibility index (Phi) is 5.84. The predicted molar refractivity (Wildman–Crippen MR) is 147 cm³/mol. The molecule has 200 valence electrons. The number of nitrogens with one attached hydrogen (secondary N) is 1. The van der Waals surface area contributed by atoms with E-state index in [0.29, 0.717) is 17.1 Å². The maximum absolute atomic E-state index is 13.5. The zero-order valence-electron chi connectivity index (χ0n) is 22.8. The molecule has 2 aliphatic heterocycles. The Morgan fingerprint density at radius 2 is 1.95 bits per heavy atom. The van der Waals surface area contributed by atoms with Crippen molar-refractivity contribution >= 4 is 41.9 Å². The molecule has 1 amide bonds. The number of carbonyl (C=O) groups excluding carboxylic acids is 2. The highest BCUT2D eigenvalue weighted by Gasteiger charge is 2.45. The number of esters is 1. The molecule has 5 rings (SSSR count). The average molecular weight is 536 g/mol. The second-order valence-corrected chi connectivity index (χ2v) is 17.1. The molecule has 1 aromatic carbocycles. The zero-order valence-corrected chi connectivity index (χ0v) is 23.8. The first kappa shape index (κ1) is 26.1. The fourth-order valence-electron chi connectivity index (χ4n) is 5.19. The van der Waals surface area contributed by atoms with Gasteiger partial charge in [-0.25, -0.2) is 14.6 Å². The van der Waals surface area contributed by atoms with Crippen LogP contribution in [0.1, 0.15) is 50.8 Å². The van der Waals surface area contributed by atoms with Gasteiger partial charge < -0.3 is 19.1 Å². The number of cyclic esters (lactones) is 1. The van der Waals surface area contributed by atoms with Gasteiger partial charge in [0.05, 0.1) is 42.8 Å². The van der Waals surface area contributed by atoms with Gasteiger partial charge in [-0.2, -0.15) is 0 Å². The van der Waals surface area contributed by atoms with Crippen LogP contribution in [0.2, 0.25) is 19.6 Å². The third kappa shape index (κ3) is 4.12. The van der Waals surface area contributed by atoms with E-state index in [9.17, 15) is 19.5 Å². The molecule has 0 spiro atoms. The Morgan fingerprint density at radius 1 is 1.24 bits per heavy atom. The normalized spacial score (nSPS) is 18.5. The molecule has 0 fully saturated rings. The minimum Gasteiger partial charge on any atom is -0.458 e. The molecule has 0 saturated heterocycles. The van der Waals surface area contributed by atoms with Gasteiger partial charge in [-0.3, -0.25) is 10.1 Å². The van der Waals surface area contributed by atoms with Gasteiger partial charge in [0.15, 0.2) is 5.60 Å². The topological polar surface area (TPSA) is 120 Å². The number of hydrogen-bond donors (Lipinski definition) is 2. The van der Waals surface area contributed by atoms with Crippen molar-refractivity contribution in [1.29, 1.82) is 0 Å². The Labute approximate surface area is 221 Å². The summed E-state index contributed by atoms with van der Waals surface area (Å²) in [5, 5.41) is 15.9. The summed E-state index contributed by atoms with van der Waals surface area (Å²) in [6.45, 7) is 13.9. The molecule has 0 saturated carbocycles. The van der Waals surface area contributed by atoms with E-state index in [-0.39, 0.29) is 36.3 Å². The van der Waals surface area contributed by atoms with Crippen molar-refractivity contribution in [2.24, 2.45) is 0 Å². The molecule has 0 radical (unpaired) electrons. The van der Waals surface area contributed by atoms with Crippen LogP contribution < -0.4 is 16.1 Å². The fraction of sp³-hybridized carbons (Fsp3) is 0.429. The summed E-state index contributed by atoms with van der Waals surface area (Å²) in [5.41, 5.74) is 1.05.